The van der Waals surface area contributed by atoms with E-state index in [1.54, 1.807) is 5.56 Å². The lowest BCUT2D eigenvalue weighted by Crippen LogP contribution is -2.15. The molecule has 0 spiro atoms. The minimum atomic E-state index is 0.995. The molecule has 2 rings (SSSR count). The zero-order chi connectivity index (χ0) is 12.8. The molecule has 0 bridgehead atoms. The van der Waals surface area contributed by atoms with Crippen LogP contribution in [-0.2, 0) is 6.42 Å². The van der Waals surface area contributed by atoms with E-state index in [-0.39, 0.29) is 0 Å². The van der Waals surface area contributed by atoms with Crippen molar-refractivity contribution in [1.29, 1.82) is 0 Å². The average Bonchev–Trinajstić information content (AvgIpc) is 2.40. The van der Waals surface area contributed by atoms with Crippen LogP contribution in [0.25, 0.3) is 0 Å². The van der Waals surface area contributed by atoms with Gasteiger partial charge in [0.25, 0.3) is 0 Å². The molecule has 1 fully saturated rings. The van der Waals surface area contributed by atoms with E-state index < -0.39 is 0 Å². The molecule has 0 N–H and O–H groups in total. The van der Waals surface area contributed by atoms with Crippen molar-refractivity contribution >= 4 is 22.6 Å². The molecule has 0 amide bonds. The maximum atomic E-state index is 2.47. The third kappa shape index (κ3) is 4.25. The van der Waals surface area contributed by atoms with E-state index in [4.69, 9.17) is 0 Å². The van der Waals surface area contributed by atoms with Gasteiger partial charge < -0.3 is 0 Å². The topological polar surface area (TPSA) is 0 Å². The second kappa shape index (κ2) is 7.52. The number of benzene rings is 1. The monoisotopic (exact) mass is 356 g/mol. The summed E-state index contributed by atoms with van der Waals surface area (Å²) in [7, 11) is 0. The SMILES string of the molecule is CCC[C@H]1CC[C@H](CCc2ccccc2I)CC1. The van der Waals surface area contributed by atoms with Gasteiger partial charge in [-0.3, -0.25) is 0 Å². The van der Waals surface area contributed by atoms with Crippen LogP contribution in [0.5, 0.6) is 0 Å². The summed E-state index contributed by atoms with van der Waals surface area (Å²) >= 11 is 2.47. The Kier molecular flexibility index (Phi) is 6.00. The second-order valence-electron chi connectivity index (χ2n) is 5.81. The fourth-order valence-corrected chi connectivity index (χ4v) is 3.93. The van der Waals surface area contributed by atoms with E-state index in [9.17, 15) is 0 Å². The van der Waals surface area contributed by atoms with E-state index >= 15 is 0 Å². The van der Waals surface area contributed by atoms with Crippen molar-refractivity contribution in [2.45, 2.75) is 58.3 Å². The Labute approximate surface area is 126 Å². The molecule has 0 radical (unpaired) electrons. The smallest absolute Gasteiger partial charge is 0.0162 e. The molecule has 18 heavy (non-hydrogen) atoms. The number of hydrogen-bond acceptors (Lipinski definition) is 0. The van der Waals surface area contributed by atoms with Gasteiger partial charge in [0.15, 0.2) is 0 Å². The summed E-state index contributed by atoms with van der Waals surface area (Å²) in [6, 6.07) is 8.84. The van der Waals surface area contributed by atoms with Crippen LogP contribution in [0.2, 0.25) is 0 Å². The Morgan fingerprint density at radius 2 is 1.61 bits per heavy atom. The molecule has 1 heteroatoms. The molecule has 1 aliphatic carbocycles. The fraction of sp³-hybridized carbons (Fsp3) is 0.647. The highest BCUT2D eigenvalue weighted by molar-refractivity contribution is 14.1. The minimum absolute atomic E-state index is 0.995. The molecule has 0 aromatic heterocycles. The van der Waals surface area contributed by atoms with Gasteiger partial charge in [0.2, 0.25) is 0 Å². The zero-order valence-electron chi connectivity index (χ0n) is 11.5. The lowest BCUT2D eigenvalue weighted by Gasteiger charge is -2.28. The lowest BCUT2D eigenvalue weighted by molar-refractivity contribution is 0.252. The molecule has 1 aromatic rings. The summed E-state index contributed by atoms with van der Waals surface area (Å²) in [6.07, 6.45) is 11.5. The predicted molar refractivity (Wildman–Crippen MR) is 87.8 cm³/mol. The maximum Gasteiger partial charge on any atom is 0.0162 e. The molecule has 0 atom stereocenters. The molecular formula is C17H25I. The molecule has 0 heterocycles. The van der Waals surface area contributed by atoms with E-state index in [1.807, 2.05) is 0 Å². The Morgan fingerprint density at radius 1 is 1.00 bits per heavy atom. The summed E-state index contributed by atoms with van der Waals surface area (Å²) in [4.78, 5) is 0. The van der Waals surface area contributed by atoms with Crippen LogP contribution in [0.15, 0.2) is 24.3 Å². The van der Waals surface area contributed by atoms with Gasteiger partial charge in [-0.25, -0.2) is 0 Å². The van der Waals surface area contributed by atoms with Gasteiger partial charge >= 0.3 is 0 Å². The van der Waals surface area contributed by atoms with Crippen molar-refractivity contribution in [2.24, 2.45) is 11.8 Å². The fourth-order valence-electron chi connectivity index (χ4n) is 3.28. The van der Waals surface area contributed by atoms with Gasteiger partial charge in [-0.2, -0.15) is 0 Å². The Morgan fingerprint density at radius 3 is 2.22 bits per heavy atom. The lowest BCUT2D eigenvalue weighted by atomic mass is 9.78. The summed E-state index contributed by atoms with van der Waals surface area (Å²) in [6.45, 7) is 2.32. The molecule has 0 saturated heterocycles. The minimum Gasteiger partial charge on any atom is -0.0654 e. The van der Waals surface area contributed by atoms with Crippen molar-refractivity contribution in [3.05, 3.63) is 33.4 Å². The highest BCUT2D eigenvalue weighted by Gasteiger charge is 2.20. The maximum absolute atomic E-state index is 2.47. The largest absolute Gasteiger partial charge is 0.0654 e. The van der Waals surface area contributed by atoms with Crippen LogP contribution < -0.4 is 0 Å². The Bertz CT molecular complexity index is 350. The molecular weight excluding hydrogens is 331 g/mol. The van der Waals surface area contributed by atoms with Crippen LogP contribution in [0.4, 0.5) is 0 Å². The number of rotatable bonds is 5. The van der Waals surface area contributed by atoms with Crippen LogP contribution in [0.3, 0.4) is 0 Å². The first-order valence-electron chi connectivity index (χ1n) is 7.53. The first-order valence-corrected chi connectivity index (χ1v) is 8.61. The summed E-state index contributed by atoms with van der Waals surface area (Å²) in [5.74, 6) is 2.04. The standard InChI is InChI=1S/C17H25I/c1-2-5-14-8-10-15(11-9-14)12-13-16-6-3-4-7-17(16)18/h3-4,6-7,14-15H,2,5,8-13H2,1H3/t14-,15-. The highest BCUT2D eigenvalue weighted by atomic mass is 127. The molecule has 0 nitrogen and oxygen atoms in total. The third-order valence-electron chi connectivity index (χ3n) is 4.44. The summed E-state index contributed by atoms with van der Waals surface area (Å²) in [5, 5.41) is 0. The van der Waals surface area contributed by atoms with Crippen LogP contribution >= 0.6 is 22.6 Å². The van der Waals surface area contributed by atoms with E-state index in [0.717, 1.165) is 11.8 Å². The molecule has 1 aromatic carbocycles. The van der Waals surface area contributed by atoms with Gasteiger partial charge in [0.05, 0.1) is 0 Å². The van der Waals surface area contributed by atoms with Gasteiger partial charge in [0, 0.05) is 3.57 Å². The van der Waals surface area contributed by atoms with Crippen LogP contribution in [-0.4, -0.2) is 0 Å². The third-order valence-corrected chi connectivity index (χ3v) is 5.50. The molecule has 100 valence electrons. The first-order chi connectivity index (χ1) is 8.79. The van der Waals surface area contributed by atoms with Crippen molar-refractivity contribution in [3.63, 3.8) is 0 Å². The van der Waals surface area contributed by atoms with Gasteiger partial charge in [-0.15, -0.1) is 0 Å². The van der Waals surface area contributed by atoms with Crippen LogP contribution in [0.1, 0.15) is 57.4 Å². The first kappa shape index (κ1) is 14.4. The zero-order valence-corrected chi connectivity index (χ0v) is 13.7. The van der Waals surface area contributed by atoms with E-state index in [0.29, 0.717) is 0 Å². The highest BCUT2D eigenvalue weighted by Crippen LogP contribution is 2.34. The number of hydrogen-bond donors (Lipinski definition) is 0. The Hall–Kier alpha value is -0.0500. The van der Waals surface area contributed by atoms with Gasteiger partial charge in [-0.1, -0.05) is 63.6 Å². The van der Waals surface area contributed by atoms with Crippen molar-refractivity contribution in [3.8, 4) is 0 Å². The van der Waals surface area contributed by atoms with E-state index in [2.05, 4.69) is 53.8 Å². The quantitative estimate of drug-likeness (QED) is 0.582. The van der Waals surface area contributed by atoms with Gasteiger partial charge in [-0.05, 0) is 58.9 Å². The summed E-state index contributed by atoms with van der Waals surface area (Å²) in [5.41, 5.74) is 1.55. The van der Waals surface area contributed by atoms with Gasteiger partial charge in [0.1, 0.15) is 0 Å². The van der Waals surface area contributed by atoms with Crippen LogP contribution in [0, 0.1) is 15.4 Å². The predicted octanol–water partition coefficient (Wildman–Crippen LogP) is 5.83. The average molecular weight is 356 g/mol. The molecule has 1 aliphatic rings. The molecule has 0 unspecified atom stereocenters. The molecule has 0 aliphatic heterocycles. The molecule has 1 saturated carbocycles. The van der Waals surface area contributed by atoms with E-state index in [1.165, 1.54) is 54.9 Å². The second-order valence-corrected chi connectivity index (χ2v) is 6.97. The Balaban J connectivity index is 1.74. The van der Waals surface area contributed by atoms with Crippen molar-refractivity contribution < 1.29 is 0 Å². The summed E-state index contributed by atoms with van der Waals surface area (Å²) < 4.78 is 1.44. The normalized spacial score (nSPS) is 24.1. The van der Waals surface area contributed by atoms with Crippen molar-refractivity contribution in [1.82, 2.24) is 0 Å². The van der Waals surface area contributed by atoms with Crippen molar-refractivity contribution in [2.75, 3.05) is 0 Å². The number of aryl methyl sites for hydroxylation is 1. The number of halogens is 1.